The van der Waals surface area contributed by atoms with Crippen LogP contribution in [0.4, 0.5) is 0 Å². The van der Waals surface area contributed by atoms with Crippen LogP contribution in [-0.4, -0.2) is 72.0 Å². The summed E-state index contributed by atoms with van der Waals surface area (Å²) in [6.07, 6.45) is 1.95. The number of piperazine rings is 1. The minimum atomic E-state index is 0.379. The Balaban J connectivity index is 1.74. The molecular weight excluding hydrogens is 250 g/mol. The Bertz CT molecular complexity index is 322. The monoisotopic (exact) mass is 281 g/mol. The maximum absolute atomic E-state index is 12.4. The van der Waals surface area contributed by atoms with Crippen LogP contribution in [0, 0.1) is 5.92 Å². The highest BCUT2D eigenvalue weighted by Gasteiger charge is 2.29. The normalized spacial score (nSPS) is 25.9. The van der Waals surface area contributed by atoms with Crippen LogP contribution in [-0.2, 0) is 4.79 Å². The molecule has 0 aromatic heterocycles. The average Bonchev–Trinajstić information content (AvgIpc) is 2.87. The van der Waals surface area contributed by atoms with E-state index in [9.17, 15) is 4.79 Å². The third-order valence-electron chi connectivity index (χ3n) is 4.91. The van der Waals surface area contributed by atoms with Gasteiger partial charge in [-0.1, -0.05) is 0 Å². The first kappa shape index (κ1) is 15.8. The molecule has 0 bridgehead atoms. The lowest BCUT2D eigenvalue weighted by atomic mass is 10.0. The summed E-state index contributed by atoms with van der Waals surface area (Å²) < 4.78 is 0. The molecule has 0 aliphatic carbocycles. The molecule has 4 nitrogen and oxygen atoms in total. The largest absolute Gasteiger partial charge is 0.340 e. The van der Waals surface area contributed by atoms with Crippen LogP contribution in [0.2, 0.25) is 0 Å². The highest BCUT2D eigenvalue weighted by Crippen LogP contribution is 2.22. The van der Waals surface area contributed by atoms with Crippen molar-refractivity contribution in [3.63, 3.8) is 0 Å². The number of rotatable bonds is 4. The van der Waals surface area contributed by atoms with Crippen molar-refractivity contribution in [1.82, 2.24) is 14.7 Å². The van der Waals surface area contributed by atoms with Gasteiger partial charge in [-0.15, -0.1) is 0 Å². The van der Waals surface area contributed by atoms with Gasteiger partial charge in [-0.3, -0.25) is 9.69 Å². The second-order valence-electron chi connectivity index (χ2n) is 6.96. The molecule has 20 heavy (non-hydrogen) atoms. The minimum absolute atomic E-state index is 0.379. The quantitative estimate of drug-likeness (QED) is 0.784. The van der Waals surface area contributed by atoms with Crippen LogP contribution in [0.3, 0.4) is 0 Å². The molecule has 0 saturated carbocycles. The van der Waals surface area contributed by atoms with Crippen LogP contribution in [0.1, 0.15) is 40.5 Å². The third-order valence-corrected chi connectivity index (χ3v) is 4.91. The zero-order valence-corrected chi connectivity index (χ0v) is 13.6. The molecule has 1 atom stereocenters. The van der Waals surface area contributed by atoms with E-state index in [1.54, 1.807) is 0 Å². The van der Waals surface area contributed by atoms with Crippen LogP contribution in [0.15, 0.2) is 0 Å². The van der Waals surface area contributed by atoms with Crippen LogP contribution < -0.4 is 0 Å². The Labute approximate surface area is 124 Å². The Morgan fingerprint density at radius 1 is 0.950 bits per heavy atom. The number of nitrogens with zero attached hydrogens (tertiary/aromatic N) is 3. The van der Waals surface area contributed by atoms with Gasteiger partial charge in [-0.2, -0.15) is 0 Å². The van der Waals surface area contributed by atoms with Crippen molar-refractivity contribution in [3.8, 4) is 0 Å². The molecule has 116 valence electrons. The van der Waals surface area contributed by atoms with Gasteiger partial charge in [0.05, 0.1) is 0 Å². The number of hydrogen-bond acceptors (Lipinski definition) is 3. The van der Waals surface area contributed by atoms with Gasteiger partial charge < -0.3 is 9.80 Å². The minimum Gasteiger partial charge on any atom is -0.340 e. The van der Waals surface area contributed by atoms with Crippen LogP contribution in [0.25, 0.3) is 0 Å². The van der Waals surface area contributed by atoms with Crippen molar-refractivity contribution in [3.05, 3.63) is 0 Å². The molecule has 0 aromatic carbocycles. The smallest absolute Gasteiger partial charge is 0.222 e. The molecule has 1 unspecified atom stereocenters. The number of likely N-dealkylation sites (tertiary alicyclic amines) is 1. The topological polar surface area (TPSA) is 26.8 Å². The molecule has 2 aliphatic rings. The predicted octanol–water partition coefficient (Wildman–Crippen LogP) is 1.66. The maximum Gasteiger partial charge on any atom is 0.222 e. The van der Waals surface area contributed by atoms with Gasteiger partial charge in [0.25, 0.3) is 0 Å². The zero-order chi connectivity index (χ0) is 14.7. The second-order valence-corrected chi connectivity index (χ2v) is 6.96. The fourth-order valence-electron chi connectivity index (χ4n) is 3.36. The van der Waals surface area contributed by atoms with E-state index >= 15 is 0 Å². The van der Waals surface area contributed by atoms with E-state index in [4.69, 9.17) is 0 Å². The summed E-state index contributed by atoms with van der Waals surface area (Å²) >= 11 is 0. The molecular formula is C16H31N3O. The first-order chi connectivity index (χ1) is 9.47. The molecule has 2 aliphatic heterocycles. The molecule has 2 heterocycles. The summed E-state index contributed by atoms with van der Waals surface area (Å²) in [6.45, 7) is 15.1. The molecule has 0 radical (unpaired) electrons. The molecule has 2 saturated heterocycles. The molecule has 2 fully saturated rings. The number of amides is 1. The van der Waals surface area contributed by atoms with Crippen LogP contribution >= 0.6 is 0 Å². The van der Waals surface area contributed by atoms with Gasteiger partial charge in [0, 0.05) is 51.2 Å². The van der Waals surface area contributed by atoms with Gasteiger partial charge in [-0.25, -0.2) is 0 Å². The lowest BCUT2D eigenvalue weighted by molar-refractivity contribution is -0.134. The van der Waals surface area contributed by atoms with Gasteiger partial charge in [0.15, 0.2) is 0 Å². The SMILES string of the molecule is CC(C)N1CCN(C(=O)CC2CCN(C(C)C)C2)CC1. The Morgan fingerprint density at radius 3 is 2.05 bits per heavy atom. The first-order valence-electron chi connectivity index (χ1n) is 8.23. The van der Waals surface area contributed by atoms with E-state index in [-0.39, 0.29) is 0 Å². The van der Waals surface area contributed by atoms with Crippen molar-refractivity contribution in [1.29, 1.82) is 0 Å². The summed E-state index contributed by atoms with van der Waals surface area (Å²) in [7, 11) is 0. The van der Waals surface area contributed by atoms with E-state index in [1.807, 2.05) is 0 Å². The van der Waals surface area contributed by atoms with Crippen LogP contribution in [0.5, 0.6) is 0 Å². The lowest BCUT2D eigenvalue weighted by Crippen LogP contribution is -2.51. The van der Waals surface area contributed by atoms with Crippen molar-refractivity contribution in [2.45, 2.75) is 52.6 Å². The lowest BCUT2D eigenvalue weighted by Gasteiger charge is -2.37. The molecule has 1 amide bonds. The van der Waals surface area contributed by atoms with E-state index in [0.717, 1.165) is 45.7 Å². The van der Waals surface area contributed by atoms with Gasteiger partial charge >= 0.3 is 0 Å². The highest BCUT2D eigenvalue weighted by molar-refractivity contribution is 5.76. The van der Waals surface area contributed by atoms with Crippen molar-refractivity contribution >= 4 is 5.91 Å². The summed E-state index contributed by atoms with van der Waals surface area (Å²) in [5.74, 6) is 0.956. The molecule has 0 spiro atoms. The molecule has 2 rings (SSSR count). The summed E-state index contributed by atoms with van der Waals surface area (Å²) in [4.78, 5) is 19.4. The van der Waals surface area contributed by atoms with Crippen molar-refractivity contribution in [2.75, 3.05) is 39.3 Å². The molecule has 0 N–H and O–H groups in total. The Kier molecular flexibility index (Phi) is 5.44. The zero-order valence-electron chi connectivity index (χ0n) is 13.6. The van der Waals surface area contributed by atoms with Crippen molar-refractivity contribution in [2.24, 2.45) is 5.92 Å². The first-order valence-corrected chi connectivity index (χ1v) is 8.23. The standard InChI is InChI=1S/C16H31N3O/c1-13(2)17-7-9-18(10-8-17)16(20)11-15-5-6-19(12-15)14(3)4/h13-15H,5-12H2,1-4H3. The van der Waals surface area contributed by atoms with Crippen molar-refractivity contribution < 1.29 is 4.79 Å². The fraction of sp³-hybridized carbons (Fsp3) is 0.938. The summed E-state index contributed by atoms with van der Waals surface area (Å²) in [5, 5.41) is 0. The van der Waals surface area contributed by atoms with Gasteiger partial charge in [-0.05, 0) is 46.6 Å². The highest BCUT2D eigenvalue weighted by atomic mass is 16.2. The Hall–Kier alpha value is -0.610. The average molecular weight is 281 g/mol. The van der Waals surface area contributed by atoms with Gasteiger partial charge in [0.1, 0.15) is 0 Å². The second kappa shape index (κ2) is 6.90. The maximum atomic E-state index is 12.4. The van der Waals surface area contributed by atoms with E-state index in [0.29, 0.717) is 23.9 Å². The number of hydrogen-bond donors (Lipinski definition) is 0. The fourth-order valence-corrected chi connectivity index (χ4v) is 3.36. The molecule has 0 aromatic rings. The van der Waals surface area contributed by atoms with Gasteiger partial charge in [0.2, 0.25) is 5.91 Å². The van der Waals surface area contributed by atoms with E-state index < -0.39 is 0 Å². The predicted molar refractivity (Wildman–Crippen MR) is 82.7 cm³/mol. The number of carbonyl (C=O) groups excluding carboxylic acids is 1. The molecule has 4 heteroatoms. The Morgan fingerprint density at radius 2 is 1.55 bits per heavy atom. The van der Waals surface area contributed by atoms with E-state index in [2.05, 4.69) is 42.4 Å². The number of carbonyl (C=O) groups is 1. The van der Waals surface area contributed by atoms with E-state index in [1.165, 1.54) is 6.42 Å². The summed E-state index contributed by atoms with van der Waals surface area (Å²) in [5.41, 5.74) is 0. The third kappa shape index (κ3) is 3.95. The summed E-state index contributed by atoms with van der Waals surface area (Å²) in [6, 6.07) is 1.21.